The predicted molar refractivity (Wildman–Crippen MR) is 159 cm³/mol. The molecule has 8 nitrogen and oxygen atoms in total. The summed E-state index contributed by atoms with van der Waals surface area (Å²) in [7, 11) is 1.60. The normalized spacial score (nSPS) is 28.4. The summed E-state index contributed by atoms with van der Waals surface area (Å²) in [6.45, 7) is 13.6. The van der Waals surface area contributed by atoms with Crippen molar-refractivity contribution < 1.29 is 24.2 Å². The van der Waals surface area contributed by atoms with Crippen LogP contribution in [0.3, 0.4) is 0 Å². The molecule has 0 aromatic heterocycles. The molecule has 1 aromatic carbocycles. The summed E-state index contributed by atoms with van der Waals surface area (Å²) in [5.74, 6) is -0.682. The number of methoxy groups -OCH3 is 1. The molecule has 4 rings (SSSR count). The number of fused-ring (bicyclic) bond motifs is 1. The number of hydrogen-bond donors (Lipinski definition) is 1. The molecular formula is C31H43N3O5S. The van der Waals surface area contributed by atoms with Gasteiger partial charge in [0.05, 0.1) is 23.7 Å². The fourth-order valence-electron chi connectivity index (χ4n) is 6.99. The second-order valence-corrected chi connectivity index (χ2v) is 13.1. The zero-order chi connectivity index (χ0) is 29.1. The Morgan fingerprint density at radius 1 is 1.15 bits per heavy atom. The Balaban J connectivity index is 1.77. The van der Waals surface area contributed by atoms with Crippen LogP contribution in [0.2, 0.25) is 0 Å². The Hall–Kier alpha value is -2.78. The fourth-order valence-corrected chi connectivity index (χ4v) is 9.33. The van der Waals surface area contributed by atoms with E-state index in [9.17, 15) is 19.5 Å². The van der Waals surface area contributed by atoms with Crippen molar-refractivity contribution in [2.45, 2.75) is 61.5 Å². The van der Waals surface area contributed by atoms with Gasteiger partial charge in [-0.25, -0.2) is 0 Å². The lowest BCUT2D eigenvalue weighted by molar-refractivity contribution is -0.145. The monoisotopic (exact) mass is 569 g/mol. The fraction of sp³-hybridized carbons (Fsp3) is 0.581. The van der Waals surface area contributed by atoms with Crippen molar-refractivity contribution in [2.75, 3.05) is 44.8 Å². The van der Waals surface area contributed by atoms with Gasteiger partial charge in [-0.15, -0.1) is 24.9 Å². The zero-order valence-corrected chi connectivity index (χ0v) is 24.8. The lowest BCUT2D eigenvalue weighted by Gasteiger charge is -2.38. The van der Waals surface area contributed by atoms with Crippen LogP contribution in [-0.2, 0) is 14.4 Å². The molecule has 3 aliphatic rings. The highest BCUT2D eigenvalue weighted by Gasteiger charge is 2.77. The molecule has 0 aliphatic carbocycles. The predicted octanol–water partition coefficient (Wildman–Crippen LogP) is 3.89. The molecule has 1 aromatic rings. The number of ether oxygens (including phenoxy) is 1. The number of hydrogen-bond acceptors (Lipinski definition) is 6. The summed E-state index contributed by atoms with van der Waals surface area (Å²) in [5.41, 5.74) is 0.699. The highest BCUT2D eigenvalue weighted by Crippen LogP contribution is 2.71. The number of likely N-dealkylation sites (tertiary alicyclic amines) is 1. The number of rotatable bonds is 14. The van der Waals surface area contributed by atoms with Crippen LogP contribution in [0.4, 0.5) is 5.69 Å². The molecule has 5 atom stereocenters. The summed E-state index contributed by atoms with van der Waals surface area (Å²) < 4.78 is 4.19. The van der Waals surface area contributed by atoms with Crippen LogP contribution in [0.1, 0.15) is 46.0 Å². The van der Waals surface area contributed by atoms with Crippen LogP contribution < -0.4 is 9.64 Å². The van der Waals surface area contributed by atoms with Crippen molar-refractivity contribution >= 4 is 35.2 Å². The number of anilines is 1. The minimum Gasteiger partial charge on any atom is -0.497 e. The van der Waals surface area contributed by atoms with Gasteiger partial charge in [0.25, 0.3) is 5.91 Å². The van der Waals surface area contributed by atoms with Gasteiger partial charge in [0.2, 0.25) is 11.8 Å². The molecule has 0 saturated carbocycles. The Labute approximate surface area is 242 Å². The highest BCUT2D eigenvalue weighted by atomic mass is 32.2. The molecule has 218 valence electrons. The topological polar surface area (TPSA) is 90.4 Å². The average molecular weight is 570 g/mol. The molecule has 9 heteroatoms. The van der Waals surface area contributed by atoms with Crippen LogP contribution >= 0.6 is 11.8 Å². The maximum atomic E-state index is 14.6. The van der Waals surface area contributed by atoms with Crippen LogP contribution in [0.5, 0.6) is 5.75 Å². The molecule has 0 radical (unpaired) electrons. The molecule has 40 heavy (non-hydrogen) atoms. The third-order valence-electron chi connectivity index (χ3n) is 8.70. The van der Waals surface area contributed by atoms with E-state index in [2.05, 4.69) is 20.1 Å². The molecule has 3 aliphatic heterocycles. The van der Waals surface area contributed by atoms with Crippen molar-refractivity contribution in [2.24, 2.45) is 11.8 Å². The number of unbranched alkanes of at least 4 members (excludes halogenated alkanes) is 1. The van der Waals surface area contributed by atoms with Crippen molar-refractivity contribution in [3.8, 4) is 5.75 Å². The quantitative estimate of drug-likeness (QED) is 0.270. The summed E-state index contributed by atoms with van der Waals surface area (Å²) in [5, 5.41) is 9.44. The van der Waals surface area contributed by atoms with Gasteiger partial charge in [-0.3, -0.25) is 14.4 Å². The number of thioether (sulfide) groups is 1. The third-order valence-corrected chi connectivity index (χ3v) is 10.7. The molecule has 2 unspecified atom stereocenters. The number of aliphatic hydroxyl groups excluding tert-OH is 1. The summed E-state index contributed by atoms with van der Waals surface area (Å²) in [6, 6.07) is 6.59. The van der Waals surface area contributed by atoms with E-state index in [1.807, 2.05) is 36.1 Å². The van der Waals surface area contributed by atoms with Crippen LogP contribution in [0.25, 0.3) is 0 Å². The summed E-state index contributed by atoms with van der Waals surface area (Å²) in [6.07, 6.45) is 6.82. The summed E-state index contributed by atoms with van der Waals surface area (Å²) >= 11 is 1.68. The number of nitrogens with zero attached hydrogens (tertiary/aromatic N) is 3. The van der Waals surface area contributed by atoms with E-state index >= 15 is 0 Å². The Kier molecular flexibility index (Phi) is 9.35. The number of aliphatic hydroxyl groups is 1. The third kappa shape index (κ3) is 5.07. The standard InChI is InChI=1S/C31H43N3O5S/c1-6-17-32(18-7-2)27(36)24-25-28(37)34(20-9-10-21-35)26(31(25)16-15-30(24,4)40-31)29(38)33(19-8-3)22-11-13-23(39-5)14-12-22/h6,8,11-14,24-26,35H,1,3,7,9-10,15-21H2,2,4-5H3/t24-,25-,26?,30+,31?/m0/s1. The highest BCUT2D eigenvalue weighted by molar-refractivity contribution is 8.02. The molecule has 3 amide bonds. The molecule has 3 heterocycles. The number of carbonyl (C=O) groups is 3. The van der Waals surface area contributed by atoms with Crippen molar-refractivity contribution in [1.82, 2.24) is 9.80 Å². The van der Waals surface area contributed by atoms with E-state index in [1.54, 1.807) is 40.8 Å². The Morgan fingerprint density at radius 2 is 1.85 bits per heavy atom. The molecule has 1 N–H and O–H groups in total. The van der Waals surface area contributed by atoms with E-state index in [-0.39, 0.29) is 30.9 Å². The van der Waals surface area contributed by atoms with Gasteiger partial charge in [-0.1, -0.05) is 19.1 Å². The van der Waals surface area contributed by atoms with Gasteiger partial charge in [0, 0.05) is 43.2 Å². The van der Waals surface area contributed by atoms with Crippen molar-refractivity contribution in [3.05, 3.63) is 49.6 Å². The van der Waals surface area contributed by atoms with Crippen molar-refractivity contribution in [3.63, 3.8) is 0 Å². The van der Waals surface area contributed by atoms with E-state index in [4.69, 9.17) is 4.74 Å². The number of amides is 3. The number of carbonyl (C=O) groups excluding carboxylic acids is 3. The van der Waals surface area contributed by atoms with Crippen LogP contribution in [-0.4, -0.2) is 88.1 Å². The lowest BCUT2D eigenvalue weighted by atomic mass is 9.66. The minimum absolute atomic E-state index is 0.0156. The molecule has 3 fully saturated rings. The molecule has 1 spiro atoms. The van der Waals surface area contributed by atoms with Crippen LogP contribution in [0.15, 0.2) is 49.6 Å². The Bertz CT molecular complexity index is 1130. The first-order valence-corrected chi connectivity index (χ1v) is 15.1. The largest absolute Gasteiger partial charge is 0.497 e. The van der Waals surface area contributed by atoms with Crippen LogP contribution in [0, 0.1) is 11.8 Å². The SMILES string of the molecule is C=CCN(CCC)C(=O)[C@@H]1[C@H]2C(=O)N(CCCCO)C(C(=O)N(CC=C)c3ccc(OC)cc3)C23CC[C@@]1(C)S3. The van der Waals surface area contributed by atoms with Gasteiger partial charge < -0.3 is 24.5 Å². The van der Waals surface area contributed by atoms with Gasteiger partial charge >= 0.3 is 0 Å². The van der Waals surface area contributed by atoms with E-state index in [0.717, 1.165) is 12.8 Å². The molecule has 3 saturated heterocycles. The summed E-state index contributed by atoms with van der Waals surface area (Å²) in [4.78, 5) is 48.3. The molecular weight excluding hydrogens is 526 g/mol. The van der Waals surface area contributed by atoms with Crippen molar-refractivity contribution in [1.29, 1.82) is 0 Å². The first-order chi connectivity index (χ1) is 19.2. The first-order valence-electron chi connectivity index (χ1n) is 14.3. The lowest BCUT2D eigenvalue weighted by Crippen LogP contribution is -2.55. The van der Waals surface area contributed by atoms with Gasteiger partial charge in [-0.2, -0.15) is 0 Å². The maximum Gasteiger partial charge on any atom is 0.251 e. The van der Waals surface area contributed by atoms with Gasteiger partial charge in [0.1, 0.15) is 11.8 Å². The Morgan fingerprint density at radius 3 is 2.45 bits per heavy atom. The minimum atomic E-state index is -0.714. The van der Waals surface area contributed by atoms with E-state index < -0.39 is 27.4 Å². The second-order valence-electron chi connectivity index (χ2n) is 11.2. The average Bonchev–Trinajstić information content (AvgIpc) is 3.52. The van der Waals surface area contributed by atoms with Gasteiger partial charge in [-0.05, 0) is 63.3 Å². The van der Waals surface area contributed by atoms with E-state index in [0.29, 0.717) is 50.3 Å². The zero-order valence-electron chi connectivity index (χ0n) is 24.0. The molecule has 2 bridgehead atoms. The number of benzene rings is 1. The second kappa shape index (κ2) is 12.4. The van der Waals surface area contributed by atoms with Gasteiger partial charge in [0.15, 0.2) is 0 Å². The maximum absolute atomic E-state index is 14.6. The van der Waals surface area contributed by atoms with E-state index in [1.165, 1.54) is 0 Å². The smallest absolute Gasteiger partial charge is 0.251 e. The first kappa shape index (κ1) is 30.2.